The number of rotatable bonds is 1. The molecule has 6 nitrogen and oxygen atoms in total. The van der Waals surface area contributed by atoms with Gasteiger partial charge in [0.2, 0.25) is 6.29 Å². The van der Waals surface area contributed by atoms with Crippen LogP contribution in [0.25, 0.3) is 0 Å². The number of hydrogen-bond donors (Lipinski definition) is 3. The van der Waals surface area contributed by atoms with Gasteiger partial charge in [-0.15, -0.1) is 0 Å². The molecule has 0 unspecified atom stereocenters. The summed E-state index contributed by atoms with van der Waals surface area (Å²) < 4.78 is 10.4. The monoisotopic (exact) mass is 203 g/mol. The van der Waals surface area contributed by atoms with Crippen molar-refractivity contribution in [3.63, 3.8) is 0 Å². The molecule has 0 radical (unpaired) electrons. The Morgan fingerprint density at radius 3 is 2.71 bits per heavy atom. The van der Waals surface area contributed by atoms with Gasteiger partial charge in [0.1, 0.15) is 24.4 Å². The Morgan fingerprint density at radius 1 is 1.36 bits per heavy atom. The molecule has 2 aliphatic heterocycles. The summed E-state index contributed by atoms with van der Waals surface area (Å²) in [6, 6.07) is -0.590. The van der Waals surface area contributed by atoms with E-state index >= 15 is 0 Å². The molecule has 5 atom stereocenters. The molecule has 0 bridgehead atoms. The largest absolute Gasteiger partial charge is 0.450 e. The maximum atomic E-state index is 9.64. The molecular formula is C8H13NO5. The summed E-state index contributed by atoms with van der Waals surface area (Å²) in [6.07, 6.45) is -3.68. The van der Waals surface area contributed by atoms with Crippen molar-refractivity contribution in [1.29, 1.82) is 0 Å². The van der Waals surface area contributed by atoms with Crippen LogP contribution < -0.4 is 0 Å². The summed E-state index contributed by atoms with van der Waals surface area (Å²) in [6.45, 7) is 1.29. The summed E-state index contributed by atoms with van der Waals surface area (Å²) in [4.78, 5) is 3.99. The highest BCUT2D eigenvalue weighted by Crippen LogP contribution is 2.28. The number of hydrogen-bond acceptors (Lipinski definition) is 6. The summed E-state index contributed by atoms with van der Waals surface area (Å²) in [5.41, 5.74) is 0. The van der Waals surface area contributed by atoms with Crippen molar-refractivity contribution in [2.24, 2.45) is 4.99 Å². The Kier molecular flexibility index (Phi) is 2.44. The van der Waals surface area contributed by atoms with Gasteiger partial charge in [0, 0.05) is 6.92 Å². The van der Waals surface area contributed by atoms with Gasteiger partial charge < -0.3 is 24.8 Å². The summed E-state index contributed by atoms with van der Waals surface area (Å²) in [7, 11) is 0. The molecule has 0 aromatic carbocycles. The van der Waals surface area contributed by atoms with Gasteiger partial charge in [-0.25, -0.2) is 4.99 Å². The number of aliphatic hydroxyl groups is 3. The molecule has 2 rings (SSSR count). The molecule has 0 amide bonds. The Morgan fingerprint density at radius 2 is 2.07 bits per heavy atom. The van der Waals surface area contributed by atoms with E-state index in [4.69, 9.17) is 14.6 Å². The third-order valence-electron chi connectivity index (χ3n) is 2.47. The lowest BCUT2D eigenvalue weighted by molar-refractivity contribution is -0.234. The lowest BCUT2D eigenvalue weighted by Gasteiger charge is -2.36. The zero-order valence-electron chi connectivity index (χ0n) is 7.70. The molecule has 1 saturated heterocycles. The van der Waals surface area contributed by atoms with Gasteiger partial charge in [0.05, 0.1) is 6.61 Å². The normalized spacial score (nSPS) is 46.9. The van der Waals surface area contributed by atoms with Crippen molar-refractivity contribution in [3.05, 3.63) is 0 Å². The van der Waals surface area contributed by atoms with Crippen LogP contribution in [0.5, 0.6) is 0 Å². The summed E-state index contributed by atoms with van der Waals surface area (Å²) in [5, 5.41) is 28.0. The van der Waals surface area contributed by atoms with Gasteiger partial charge in [0.25, 0.3) is 0 Å². The average molecular weight is 203 g/mol. The van der Waals surface area contributed by atoms with E-state index in [1.54, 1.807) is 6.92 Å². The quantitative estimate of drug-likeness (QED) is 0.469. The van der Waals surface area contributed by atoms with Crippen molar-refractivity contribution in [1.82, 2.24) is 0 Å². The van der Waals surface area contributed by atoms with Crippen LogP contribution in [0.1, 0.15) is 6.92 Å². The Bertz CT molecular complexity index is 256. The SMILES string of the molecule is CC1=N[C@H]2[C@H](O1)O[C@H](CO)[C@@H](O)[C@@H]2O. The lowest BCUT2D eigenvalue weighted by Crippen LogP contribution is -2.56. The van der Waals surface area contributed by atoms with Gasteiger partial charge in [-0.1, -0.05) is 0 Å². The number of nitrogens with zero attached hydrogens (tertiary/aromatic N) is 1. The maximum absolute atomic E-state index is 9.64. The van der Waals surface area contributed by atoms with E-state index in [0.717, 1.165) is 0 Å². The van der Waals surface area contributed by atoms with Crippen LogP contribution in [-0.4, -0.2) is 58.5 Å². The zero-order valence-corrected chi connectivity index (χ0v) is 7.70. The predicted octanol–water partition coefficient (Wildman–Crippen LogP) is -1.76. The number of fused-ring (bicyclic) bond motifs is 1. The van der Waals surface area contributed by atoms with Crippen LogP contribution in [0.3, 0.4) is 0 Å². The average Bonchev–Trinajstić information content (AvgIpc) is 2.52. The van der Waals surface area contributed by atoms with Crippen molar-refractivity contribution >= 4 is 5.90 Å². The predicted molar refractivity (Wildman–Crippen MR) is 45.7 cm³/mol. The standard InChI is InChI=1S/C8H13NO5/c1-3-9-5-7(12)6(11)4(2-10)14-8(5)13-3/h4-8,10-12H,2H2,1H3/t4-,5-,6-,7-,8-/m1/s1. The van der Waals surface area contributed by atoms with Crippen LogP contribution in [0.4, 0.5) is 0 Å². The van der Waals surface area contributed by atoms with Crippen LogP contribution in [0.2, 0.25) is 0 Å². The topological polar surface area (TPSA) is 91.5 Å². The van der Waals surface area contributed by atoms with Crippen LogP contribution in [0, 0.1) is 0 Å². The highest BCUT2D eigenvalue weighted by molar-refractivity contribution is 5.75. The van der Waals surface area contributed by atoms with Crippen LogP contribution in [-0.2, 0) is 9.47 Å². The molecule has 0 aromatic rings. The summed E-state index contributed by atoms with van der Waals surface area (Å²) in [5.74, 6) is 0.421. The second kappa shape index (κ2) is 3.47. The van der Waals surface area contributed by atoms with Gasteiger partial charge in [-0.2, -0.15) is 0 Å². The first-order valence-electron chi connectivity index (χ1n) is 4.47. The van der Waals surface area contributed by atoms with Gasteiger partial charge in [-0.05, 0) is 0 Å². The van der Waals surface area contributed by atoms with E-state index in [0.29, 0.717) is 5.90 Å². The van der Waals surface area contributed by atoms with Gasteiger partial charge in [0.15, 0.2) is 5.90 Å². The van der Waals surface area contributed by atoms with E-state index in [2.05, 4.69) is 4.99 Å². The molecule has 6 heteroatoms. The first-order valence-corrected chi connectivity index (χ1v) is 4.47. The minimum atomic E-state index is -1.13. The lowest BCUT2D eigenvalue weighted by atomic mass is 9.98. The minimum absolute atomic E-state index is 0.357. The third kappa shape index (κ3) is 1.40. The fourth-order valence-electron chi connectivity index (χ4n) is 1.71. The molecule has 2 heterocycles. The molecule has 14 heavy (non-hydrogen) atoms. The van der Waals surface area contributed by atoms with Crippen molar-refractivity contribution in [2.45, 2.75) is 37.6 Å². The molecule has 0 aliphatic carbocycles. The van der Waals surface area contributed by atoms with E-state index in [1.165, 1.54) is 0 Å². The van der Waals surface area contributed by atoms with E-state index in [1.807, 2.05) is 0 Å². The Balaban J connectivity index is 2.14. The molecule has 0 aromatic heterocycles. The Labute approximate surface area is 80.8 Å². The molecule has 2 aliphatic rings. The van der Waals surface area contributed by atoms with E-state index < -0.39 is 30.6 Å². The third-order valence-corrected chi connectivity index (χ3v) is 2.47. The molecule has 0 spiro atoms. The van der Waals surface area contributed by atoms with Crippen molar-refractivity contribution in [2.75, 3.05) is 6.61 Å². The van der Waals surface area contributed by atoms with Crippen molar-refractivity contribution in [3.8, 4) is 0 Å². The molecule has 3 N–H and O–H groups in total. The number of aliphatic hydroxyl groups excluding tert-OH is 3. The van der Waals surface area contributed by atoms with Gasteiger partial charge >= 0.3 is 0 Å². The highest BCUT2D eigenvalue weighted by Gasteiger charge is 2.48. The minimum Gasteiger partial charge on any atom is -0.450 e. The molecule has 80 valence electrons. The smallest absolute Gasteiger partial charge is 0.227 e. The number of ether oxygens (including phenoxy) is 2. The molecule has 0 saturated carbocycles. The zero-order chi connectivity index (χ0) is 10.3. The molecular weight excluding hydrogens is 190 g/mol. The van der Waals surface area contributed by atoms with E-state index in [-0.39, 0.29) is 6.61 Å². The Hall–Kier alpha value is -0.690. The second-order valence-electron chi connectivity index (χ2n) is 3.46. The van der Waals surface area contributed by atoms with Crippen molar-refractivity contribution < 1.29 is 24.8 Å². The fourth-order valence-corrected chi connectivity index (χ4v) is 1.71. The van der Waals surface area contributed by atoms with E-state index in [9.17, 15) is 10.2 Å². The van der Waals surface area contributed by atoms with Gasteiger partial charge in [-0.3, -0.25) is 0 Å². The fraction of sp³-hybridized carbons (Fsp3) is 0.875. The van der Waals surface area contributed by atoms with Crippen LogP contribution >= 0.6 is 0 Å². The molecule has 1 fully saturated rings. The van der Waals surface area contributed by atoms with Crippen LogP contribution in [0.15, 0.2) is 4.99 Å². The summed E-state index contributed by atoms with van der Waals surface area (Å²) >= 11 is 0. The first kappa shape index (κ1) is 9.85. The maximum Gasteiger partial charge on any atom is 0.227 e. The highest BCUT2D eigenvalue weighted by atomic mass is 16.7. The first-order chi connectivity index (χ1) is 6.63. The second-order valence-corrected chi connectivity index (χ2v) is 3.46. The number of aliphatic imine (C=N–C) groups is 1.